The van der Waals surface area contributed by atoms with Crippen molar-refractivity contribution in [2.45, 2.75) is 43.9 Å². The van der Waals surface area contributed by atoms with E-state index in [2.05, 4.69) is 6.07 Å². The Balaban J connectivity index is 1.83. The van der Waals surface area contributed by atoms with Crippen molar-refractivity contribution in [2.75, 3.05) is 0 Å². The number of benzene rings is 1. The first-order valence-corrected chi connectivity index (χ1v) is 8.36. The molecule has 0 aromatic heterocycles. The van der Waals surface area contributed by atoms with Gasteiger partial charge in [0.05, 0.1) is 17.9 Å². The molecule has 0 heterocycles. The minimum absolute atomic E-state index is 0.0855. The van der Waals surface area contributed by atoms with E-state index >= 15 is 0 Å². The van der Waals surface area contributed by atoms with Crippen molar-refractivity contribution in [3.8, 4) is 6.07 Å². The van der Waals surface area contributed by atoms with Crippen molar-refractivity contribution in [1.82, 2.24) is 0 Å². The van der Waals surface area contributed by atoms with Crippen molar-refractivity contribution >= 4 is 5.97 Å². The van der Waals surface area contributed by atoms with Crippen LogP contribution in [0.3, 0.4) is 0 Å². The van der Waals surface area contributed by atoms with Gasteiger partial charge in [-0.3, -0.25) is 4.79 Å². The van der Waals surface area contributed by atoms with Gasteiger partial charge in [0, 0.05) is 5.41 Å². The number of halogens is 1. The Morgan fingerprint density at radius 3 is 2.35 bits per heavy atom. The Morgan fingerprint density at radius 2 is 1.83 bits per heavy atom. The Morgan fingerprint density at radius 1 is 1.22 bits per heavy atom. The predicted octanol–water partition coefficient (Wildman–Crippen LogP) is 3.89. The van der Waals surface area contributed by atoms with Crippen LogP contribution >= 0.6 is 0 Å². The number of carboxylic acid groups (broad SMARTS) is 1. The molecule has 0 saturated heterocycles. The van der Waals surface area contributed by atoms with Gasteiger partial charge in [-0.25, -0.2) is 4.39 Å². The molecule has 4 saturated carbocycles. The van der Waals surface area contributed by atoms with Crippen LogP contribution in [0.4, 0.5) is 4.39 Å². The second kappa shape index (κ2) is 4.80. The van der Waals surface area contributed by atoms with Crippen molar-refractivity contribution in [2.24, 2.45) is 23.2 Å². The summed E-state index contributed by atoms with van der Waals surface area (Å²) in [5.74, 6) is -0.108. The van der Waals surface area contributed by atoms with E-state index in [9.17, 15) is 19.6 Å². The van der Waals surface area contributed by atoms with E-state index in [0.29, 0.717) is 5.92 Å². The lowest BCUT2D eigenvalue weighted by Gasteiger charge is -2.63. The van der Waals surface area contributed by atoms with Gasteiger partial charge < -0.3 is 5.11 Å². The molecule has 1 N–H and O–H groups in total. The Hall–Kier alpha value is -1.89. The number of hydrogen-bond donors (Lipinski definition) is 1. The number of rotatable bonds is 3. The van der Waals surface area contributed by atoms with Crippen LogP contribution in [0.15, 0.2) is 24.3 Å². The van der Waals surface area contributed by atoms with Crippen LogP contribution in [-0.4, -0.2) is 11.1 Å². The first kappa shape index (κ1) is 14.7. The lowest BCUT2D eigenvalue weighted by molar-refractivity contribution is -0.147. The fourth-order valence-corrected chi connectivity index (χ4v) is 6.11. The number of carboxylic acids is 1. The zero-order chi connectivity index (χ0) is 16.2. The Bertz CT molecular complexity index is 674. The molecule has 4 aliphatic carbocycles. The van der Waals surface area contributed by atoms with E-state index in [1.807, 2.05) is 0 Å². The van der Waals surface area contributed by atoms with E-state index < -0.39 is 11.4 Å². The molecule has 4 heteroatoms. The van der Waals surface area contributed by atoms with Gasteiger partial charge in [-0.2, -0.15) is 5.26 Å². The van der Waals surface area contributed by atoms with E-state index in [1.165, 1.54) is 12.1 Å². The fourth-order valence-electron chi connectivity index (χ4n) is 6.11. The minimum atomic E-state index is -0.798. The molecule has 0 amide bonds. The summed E-state index contributed by atoms with van der Waals surface area (Å²) in [6, 6.07) is 8.95. The van der Waals surface area contributed by atoms with Gasteiger partial charge in [0.1, 0.15) is 5.82 Å². The summed E-state index contributed by atoms with van der Waals surface area (Å²) >= 11 is 0. The predicted molar refractivity (Wildman–Crippen MR) is 81.9 cm³/mol. The highest BCUT2D eigenvalue weighted by Crippen LogP contribution is 2.68. The maximum atomic E-state index is 13.4. The molecule has 0 spiro atoms. The number of hydrogen-bond acceptors (Lipinski definition) is 2. The molecule has 1 aromatic rings. The number of nitriles is 1. The van der Waals surface area contributed by atoms with Gasteiger partial charge in [0.15, 0.2) is 0 Å². The molecule has 0 radical (unpaired) electrons. The SMILES string of the molecule is N#CC12CC3CC(C1)C(CC(=O)O)(c1ccc(F)cc1)C(C3)C2. The smallest absolute Gasteiger partial charge is 0.304 e. The summed E-state index contributed by atoms with van der Waals surface area (Å²) in [6.45, 7) is 0. The molecule has 23 heavy (non-hydrogen) atoms. The van der Waals surface area contributed by atoms with E-state index in [4.69, 9.17) is 0 Å². The third-order valence-electron chi connectivity index (χ3n) is 6.71. The normalized spacial score (nSPS) is 40.8. The topological polar surface area (TPSA) is 61.1 Å². The van der Waals surface area contributed by atoms with Gasteiger partial charge in [0.25, 0.3) is 0 Å². The highest BCUT2D eigenvalue weighted by molar-refractivity contribution is 5.69. The van der Waals surface area contributed by atoms with Gasteiger partial charge in [-0.1, -0.05) is 12.1 Å². The van der Waals surface area contributed by atoms with E-state index in [0.717, 1.165) is 37.7 Å². The molecule has 2 atom stereocenters. The minimum Gasteiger partial charge on any atom is -0.481 e. The van der Waals surface area contributed by atoms with Gasteiger partial charge in [-0.15, -0.1) is 0 Å². The van der Waals surface area contributed by atoms with Crippen molar-refractivity contribution in [3.05, 3.63) is 35.6 Å². The maximum Gasteiger partial charge on any atom is 0.304 e. The van der Waals surface area contributed by atoms with Crippen LogP contribution in [0.5, 0.6) is 0 Å². The summed E-state index contributed by atoms with van der Waals surface area (Å²) in [6.07, 6.45) is 4.66. The Labute approximate surface area is 135 Å². The van der Waals surface area contributed by atoms with Crippen LogP contribution in [0.1, 0.15) is 44.1 Å². The summed E-state index contributed by atoms with van der Waals surface area (Å²) in [4.78, 5) is 11.6. The van der Waals surface area contributed by atoms with E-state index in [1.54, 1.807) is 12.1 Å². The largest absolute Gasteiger partial charge is 0.481 e. The molecular weight excluding hydrogens is 293 g/mol. The molecule has 2 unspecified atom stereocenters. The lowest BCUT2D eigenvalue weighted by Crippen LogP contribution is -2.59. The van der Waals surface area contributed by atoms with Crippen LogP contribution in [0.2, 0.25) is 0 Å². The Kier molecular flexibility index (Phi) is 3.07. The maximum absolute atomic E-state index is 13.4. The van der Waals surface area contributed by atoms with Crippen LogP contribution in [0, 0.1) is 40.3 Å². The average molecular weight is 313 g/mol. The van der Waals surface area contributed by atoms with Gasteiger partial charge in [0.2, 0.25) is 0 Å². The van der Waals surface area contributed by atoms with E-state index in [-0.39, 0.29) is 29.5 Å². The van der Waals surface area contributed by atoms with Crippen molar-refractivity contribution in [3.63, 3.8) is 0 Å². The first-order chi connectivity index (χ1) is 11.0. The first-order valence-electron chi connectivity index (χ1n) is 8.36. The second-order valence-corrected chi connectivity index (χ2v) is 7.85. The summed E-state index contributed by atoms with van der Waals surface area (Å²) in [5.41, 5.74) is 0.262. The highest BCUT2D eigenvalue weighted by atomic mass is 19.1. The van der Waals surface area contributed by atoms with Crippen molar-refractivity contribution < 1.29 is 14.3 Å². The van der Waals surface area contributed by atoms with Gasteiger partial charge in [-0.05, 0) is 67.6 Å². The molecule has 4 fully saturated rings. The molecular formula is C19H20FNO2. The van der Waals surface area contributed by atoms with Crippen molar-refractivity contribution in [1.29, 1.82) is 5.26 Å². The molecule has 120 valence electrons. The van der Waals surface area contributed by atoms with Crippen LogP contribution < -0.4 is 0 Å². The zero-order valence-corrected chi connectivity index (χ0v) is 13.0. The number of aliphatic carboxylic acids is 1. The third kappa shape index (κ3) is 2.02. The summed E-state index contributed by atoms with van der Waals surface area (Å²) in [7, 11) is 0. The number of carbonyl (C=O) groups is 1. The fraction of sp³-hybridized carbons (Fsp3) is 0.579. The zero-order valence-electron chi connectivity index (χ0n) is 13.0. The van der Waals surface area contributed by atoms with Crippen LogP contribution in [-0.2, 0) is 10.2 Å². The van der Waals surface area contributed by atoms with Crippen LogP contribution in [0.25, 0.3) is 0 Å². The molecule has 0 aliphatic heterocycles. The quantitative estimate of drug-likeness (QED) is 0.921. The monoisotopic (exact) mass is 313 g/mol. The second-order valence-electron chi connectivity index (χ2n) is 7.85. The molecule has 1 aromatic carbocycles. The standard InChI is InChI=1S/C19H20FNO2/c20-16-3-1-13(2-4-16)19(10-17(22)23)14-5-12-6-15(19)9-18(7-12,8-14)11-21/h1-4,12,14-15H,5-10H2,(H,22,23). The lowest BCUT2D eigenvalue weighted by atomic mass is 9.39. The third-order valence-corrected chi connectivity index (χ3v) is 6.71. The summed E-state index contributed by atoms with van der Waals surface area (Å²) < 4.78 is 13.4. The highest BCUT2D eigenvalue weighted by Gasteiger charge is 2.63. The van der Waals surface area contributed by atoms with Gasteiger partial charge >= 0.3 is 5.97 Å². The number of nitrogens with zero attached hydrogens (tertiary/aromatic N) is 1. The average Bonchev–Trinajstić information content (AvgIpc) is 2.51. The molecule has 3 nitrogen and oxygen atoms in total. The summed E-state index contributed by atoms with van der Waals surface area (Å²) in [5, 5.41) is 19.2. The molecule has 5 rings (SSSR count). The molecule has 4 aliphatic rings. The molecule has 4 bridgehead atoms.